The number of piperazine rings is 1. The molecule has 2 aliphatic rings. The van der Waals surface area contributed by atoms with Crippen LogP contribution in [0.5, 0.6) is 5.75 Å². The molecule has 12 heteroatoms. The SMILES string of the molecule is CC[C@@H](Nc1c(Nc2ccc(Cl)c(S(=O)(=O)N3CCN(C(C)(C)C)CC3)c2O)c(=O)c1=O)[C@H]1CC[C@@H](C)O1. The lowest BCUT2D eigenvalue weighted by atomic mass is 10.0. The van der Waals surface area contributed by atoms with Crippen LogP contribution < -0.4 is 21.5 Å². The fourth-order valence-corrected chi connectivity index (χ4v) is 7.19. The number of phenolic OH excluding ortho intramolecular Hbond substituents is 1. The minimum atomic E-state index is -4.13. The molecule has 0 amide bonds. The summed E-state index contributed by atoms with van der Waals surface area (Å²) in [6.45, 7) is 11.8. The van der Waals surface area contributed by atoms with Gasteiger partial charge in [-0.2, -0.15) is 4.31 Å². The number of rotatable bonds is 8. The van der Waals surface area contributed by atoms with Crippen molar-refractivity contribution in [3.05, 3.63) is 37.6 Å². The summed E-state index contributed by atoms with van der Waals surface area (Å²) in [5, 5.41) is 16.8. The van der Waals surface area contributed by atoms with E-state index in [4.69, 9.17) is 16.3 Å². The van der Waals surface area contributed by atoms with Crippen molar-refractivity contribution in [2.24, 2.45) is 0 Å². The average Bonchev–Trinajstić information content (AvgIpc) is 3.29. The van der Waals surface area contributed by atoms with Crippen molar-refractivity contribution in [2.45, 2.75) is 82.6 Å². The molecule has 0 spiro atoms. The van der Waals surface area contributed by atoms with Crippen LogP contribution in [-0.2, 0) is 14.8 Å². The molecule has 210 valence electrons. The van der Waals surface area contributed by atoms with Crippen molar-refractivity contribution in [2.75, 3.05) is 36.8 Å². The number of hydrogen-bond donors (Lipinski definition) is 3. The third kappa shape index (κ3) is 5.44. The van der Waals surface area contributed by atoms with Crippen molar-refractivity contribution in [3.8, 4) is 5.75 Å². The first kappa shape index (κ1) is 28.8. The zero-order valence-electron chi connectivity index (χ0n) is 22.5. The van der Waals surface area contributed by atoms with E-state index in [2.05, 4.69) is 36.3 Å². The summed E-state index contributed by atoms with van der Waals surface area (Å²) in [7, 11) is -4.13. The lowest BCUT2D eigenvalue weighted by molar-refractivity contribution is 0.0438. The van der Waals surface area contributed by atoms with E-state index in [0.717, 1.165) is 12.8 Å². The van der Waals surface area contributed by atoms with Gasteiger partial charge < -0.3 is 20.5 Å². The molecule has 3 N–H and O–H groups in total. The normalized spacial score (nSPS) is 22.6. The Morgan fingerprint density at radius 2 is 1.74 bits per heavy atom. The summed E-state index contributed by atoms with van der Waals surface area (Å²) < 4.78 is 34.3. The van der Waals surface area contributed by atoms with Crippen LogP contribution in [0.4, 0.5) is 17.1 Å². The van der Waals surface area contributed by atoms with Gasteiger partial charge in [0.1, 0.15) is 16.3 Å². The summed E-state index contributed by atoms with van der Waals surface area (Å²) in [4.78, 5) is 26.6. The number of nitrogens with zero attached hydrogens (tertiary/aromatic N) is 2. The van der Waals surface area contributed by atoms with E-state index >= 15 is 0 Å². The predicted octanol–water partition coefficient (Wildman–Crippen LogP) is 3.25. The Balaban J connectivity index is 1.58. The molecular formula is C26H37ClN4O6S. The van der Waals surface area contributed by atoms with E-state index in [1.54, 1.807) is 0 Å². The highest BCUT2D eigenvalue weighted by Crippen LogP contribution is 2.40. The molecule has 2 aromatic rings. The van der Waals surface area contributed by atoms with Crippen LogP contribution in [0.3, 0.4) is 0 Å². The van der Waals surface area contributed by atoms with Crippen LogP contribution >= 0.6 is 11.6 Å². The molecular weight excluding hydrogens is 532 g/mol. The number of ether oxygens (including phenoxy) is 1. The van der Waals surface area contributed by atoms with Crippen LogP contribution in [0, 0.1) is 0 Å². The molecule has 2 heterocycles. The van der Waals surface area contributed by atoms with Gasteiger partial charge in [-0.25, -0.2) is 8.42 Å². The Labute approximate surface area is 228 Å². The summed E-state index contributed by atoms with van der Waals surface area (Å²) in [6, 6.07) is 2.56. The van der Waals surface area contributed by atoms with Gasteiger partial charge in [-0.1, -0.05) is 18.5 Å². The smallest absolute Gasteiger partial charge is 0.253 e. The fourth-order valence-electron chi connectivity index (χ4n) is 5.18. The molecule has 0 aromatic heterocycles. The molecule has 0 aliphatic carbocycles. The van der Waals surface area contributed by atoms with E-state index in [-0.39, 0.29) is 59.0 Å². The predicted molar refractivity (Wildman–Crippen MR) is 149 cm³/mol. The molecule has 2 fully saturated rings. The lowest BCUT2D eigenvalue weighted by Crippen LogP contribution is -2.54. The monoisotopic (exact) mass is 568 g/mol. The number of sulfonamides is 1. The zero-order valence-corrected chi connectivity index (χ0v) is 24.1. The molecule has 38 heavy (non-hydrogen) atoms. The van der Waals surface area contributed by atoms with Gasteiger partial charge in [0.15, 0.2) is 5.75 Å². The number of benzene rings is 1. The second-order valence-electron chi connectivity index (χ2n) is 11.1. The third-order valence-corrected chi connectivity index (χ3v) is 9.92. The van der Waals surface area contributed by atoms with Crippen molar-refractivity contribution >= 4 is 38.7 Å². The van der Waals surface area contributed by atoms with Crippen molar-refractivity contribution in [3.63, 3.8) is 0 Å². The summed E-state index contributed by atoms with van der Waals surface area (Å²) in [6.07, 6.45) is 2.47. The maximum atomic E-state index is 13.5. The highest BCUT2D eigenvalue weighted by Gasteiger charge is 2.36. The average molecular weight is 569 g/mol. The van der Waals surface area contributed by atoms with Gasteiger partial charge in [0.25, 0.3) is 10.9 Å². The van der Waals surface area contributed by atoms with Gasteiger partial charge in [-0.05, 0) is 59.1 Å². The van der Waals surface area contributed by atoms with E-state index in [0.29, 0.717) is 19.5 Å². The number of anilines is 3. The van der Waals surface area contributed by atoms with E-state index in [1.165, 1.54) is 16.4 Å². The first-order chi connectivity index (χ1) is 17.8. The van der Waals surface area contributed by atoms with Gasteiger partial charge >= 0.3 is 0 Å². The molecule has 4 rings (SSSR count). The van der Waals surface area contributed by atoms with E-state index in [9.17, 15) is 23.1 Å². The molecule has 10 nitrogen and oxygen atoms in total. The Kier molecular flexibility index (Phi) is 8.17. The molecule has 0 unspecified atom stereocenters. The summed E-state index contributed by atoms with van der Waals surface area (Å²) in [5.41, 5.74) is -1.48. The molecule has 0 saturated carbocycles. The Bertz CT molecular complexity index is 1360. The standard InChI is InChI=1S/C26H37ClN4O6S/c1-6-17(19-10-7-15(2)37-19)28-20-21(24(34)23(20)33)29-18-9-8-16(27)25(22(18)32)38(35,36)31-13-11-30(12-14-31)26(3,4)5/h8-9,15,17,19,28-29,32H,6-7,10-14H2,1-5H3/t15-,17-,19-/m1/s1. The topological polar surface area (TPSA) is 128 Å². The van der Waals surface area contributed by atoms with Crippen LogP contribution in [0.2, 0.25) is 5.02 Å². The first-order valence-corrected chi connectivity index (χ1v) is 14.9. The molecule has 3 atom stereocenters. The molecule has 2 aliphatic heterocycles. The van der Waals surface area contributed by atoms with E-state index in [1.807, 2.05) is 13.8 Å². The van der Waals surface area contributed by atoms with Crippen molar-refractivity contribution in [1.82, 2.24) is 9.21 Å². The van der Waals surface area contributed by atoms with Gasteiger partial charge in [-0.15, -0.1) is 0 Å². The number of hydrogen-bond acceptors (Lipinski definition) is 9. The van der Waals surface area contributed by atoms with Crippen molar-refractivity contribution < 1.29 is 18.3 Å². The highest BCUT2D eigenvalue weighted by atomic mass is 35.5. The van der Waals surface area contributed by atoms with E-state index < -0.39 is 31.5 Å². The van der Waals surface area contributed by atoms with Gasteiger partial charge in [0, 0.05) is 31.7 Å². The van der Waals surface area contributed by atoms with Crippen LogP contribution in [0.1, 0.15) is 53.9 Å². The maximum absolute atomic E-state index is 13.5. The maximum Gasteiger partial charge on any atom is 0.253 e. The van der Waals surface area contributed by atoms with Gasteiger partial charge in [0.05, 0.1) is 29.0 Å². The molecule has 2 saturated heterocycles. The van der Waals surface area contributed by atoms with Crippen LogP contribution in [-0.4, -0.2) is 72.7 Å². The second kappa shape index (κ2) is 10.8. The zero-order chi connectivity index (χ0) is 28.0. The first-order valence-electron chi connectivity index (χ1n) is 13.0. The molecule has 2 aromatic carbocycles. The Hall–Kier alpha value is -2.18. The number of nitrogens with one attached hydrogen (secondary N) is 2. The highest BCUT2D eigenvalue weighted by molar-refractivity contribution is 7.89. The van der Waals surface area contributed by atoms with Crippen LogP contribution in [0.25, 0.3) is 0 Å². The second-order valence-corrected chi connectivity index (χ2v) is 13.4. The third-order valence-electron chi connectivity index (χ3n) is 7.52. The lowest BCUT2D eigenvalue weighted by Gasteiger charge is -2.41. The Morgan fingerprint density at radius 3 is 2.29 bits per heavy atom. The number of halogens is 1. The summed E-state index contributed by atoms with van der Waals surface area (Å²) in [5.74, 6) is -0.602. The quantitative estimate of drug-likeness (QED) is 0.325. The molecule has 0 radical (unpaired) electrons. The largest absolute Gasteiger partial charge is 0.504 e. The van der Waals surface area contributed by atoms with Gasteiger partial charge in [0.2, 0.25) is 10.0 Å². The van der Waals surface area contributed by atoms with Crippen LogP contribution in [0.15, 0.2) is 26.6 Å². The fraction of sp³-hybridized carbons (Fsp3) is 0.615. The minimum absolute atomic E-state index is 0.0285. The van der Waals surface area contributed by atoms with Crippen molar-refractivity contribution in [1.29, 1.82) is 0 Å². The Morgan fingerprint density at radius 1 is 1.11 bits per heavy atom. The number of phenols is 1. The summed E-state index contributed by atoms with van der Waals surface area (Å²) >= 11 is 6.28. The molecule has 0 bridgehead atoms. The number of aromatic hydroxyl groups is 1. The minimum Gasteiger partial charge on any atom is -0.504 e. The van der Waals surface area contributed by atoms with Gasteiger partial charge in [-0.3, -0.25) is 14.5 Å².